The molecule has 0 aliphatic heterocycles. The van der Waals surface area contributed by atoms with E-state index in [1.807, 2.05) is 50.2 Å². The van der Waals surface area contributed by atoms with E-state index >= 15 is 0 Å². The summed E-state index contributed by atoms with van der Waals surface area (Å²) in [4.78, 5) is 21.3. The molecule has 1 aliphatic carbocycles. The number of benzene rings is 1. The van der Waals surface area contributed by atoms with Gasteiger partial charge in [0.15, 0.2) is 0 Å². The summed E-state index contributed by atoms with van der Waals surface area (Å²) >= 11 is 0. The van der Waals surface area contributed by atoms with Crippen molar-refractivity contribution >= 4 is 11.9 Å². The number of carbonyl (C=O) groups excluding carboxylic acids is 1. The second-order valence-corrected chi connectivity index (χ2v) is 5.73. The topological polar surface area (TPSA) is 54.9 Å². The number of hydrogen-bond donors (Lipinski definition) is 1. The first-order chi connectivity index (χ1) is 10.1. The van der Waals surface area contributed by atoms with Gasteiger partial charge in [0.25, 0.3) is 0 Å². The molecular weight excluding hydrogens is 262 g/mol. The molecule has 1 fully saturated rings. The molecule has 4 nitrogen and oxygen atoms in total. The number of nitrogens with one attached hydrogen (secondary N) is 1. The van der Waals surface area contributed by atoms with Crippen LogP contribution in [0.5, 0.6) is 0 Å². The molecule has 1 amide bonds. The standard InChI is InChI=1S/C17H19N3O/c1-12-11-13(2)19-16(18-12)20-15(21)17(9-6-10-17)14-7-4-3-5-8-14/h3-5,7-8,11H,6,9-10H2,1-2H3,(H,18,19,20,21). The fourth-order valence-electron chi connectivity index (χ4n) is 2.94. The van der Waals surface area contributed by atoms with Gasteiger partial charge >= 0.3 is 0 Å². The van der Waals surface area contributed by atoms with Crippen molar-refractivity contribution < 1.29 is 4.79 Å². The van der Waals surface area contributed by atoms with Gasteiger partial charge in [-0.3, -0.25) is 10.1 Å². The molecule has 3 rings (SSSR count). The quantitative estimate of drug-likeness (QED) is 0.940. The second kappa shape index (κ2) is 5.28. The lowest BCUT2D eigenvalue weighted by Gasteiger charge is -2.40. The summed E-state index contributed by atoms with van der Waals surface area (Å²) in [5, 5.41) is 2.90. The Morgan fingerprint density at radius 1 is 1.10 bits per heavy atom. The van der Waals surface area contributed by atoms with Gasteiger partial charge in [0.2, 0.25) is 11.9 Å². The van der Waals surface area contributed by atoms with E-state index in [-0.39, 0.29) is 5.91 Å². The molecule has 21 heavy (non-hydrogen) atoms. The predicted octanol–water partition coefficient (Wildman–Crippen LogP) is 3.15. The van der Waals surface area contributed by atoms with E-state index in [0.717, 1.165) is 36.2 Å². The molecule has 0 radical (unpaired) electrons. The third-order valence-corrected chi connectivity index (χ3v) is 4.18. The molecule has 0 unspecified atom stereocenters. The van der Waals surface area contributed by atoms with Gasteiger partial charge < -0.3 is 0 Å². The van der Waals surface area contributed by atoms with Crippen LogP contribution in [0, 0.1) is 13.8 Å². The van der Waals surface area contributed by atoms with Crippen LogP contribution in [0.1, 0.15) is 36.2 Å². The minimum atomic E-state index is -0.414. The minimum absolute atomic E-state index is 0.00458. The average Bonchev–Trinajstić information content (AvgIpc) is 2.37. The summed E-state index contributed by atoms with van der Waals surface area (Å²) in [6, 6.07) is 11.9. The van der Waals surface area contributed by atoms with E-state index in [2.05, 4.69) is 15.3 Å². The maximum absolute atomic E-state index is 12.7. The van der Waals surface area contributed by atoms with Crippen molar-refractivity contribution in [1.29, 1.82) is 0 Å². The lowest BCUT2D eigenvalue weighted by Crippen LogP contribution is -2.46. The van der Waals surface area contributed by atoms with Crippen molar-refractivity contribution in [2.75, 3.05) is 5.32 Å². The van der Waals surface area contributed by atoms with E-state index in [1.165, 1.54) is 0 Å². The summed E-state index contributed by atoms with van der Waals surface area (Å²) in [7, 11) is 0. The zero-order chi connectivity index (χ0) is 14.9. The Morgan fingerprint density at radius 2 is 1.71 bits per heavy atom. The molecule has 0 spiro atoms. The zero-order valence-electron chi connectivity index (χ0n) is 12.4. The van der Waals surface area contributed by atoms with Crippen molar-refractivity contribution in [2.45, 2.75) is 38.5 Å². The summed E-state index contributed by atoms with van der Waals surface area (Å²) in [6.45, 7) is 3.81. The maximum Gasteiger partial charge on any atom is 0.237 e. The van der Waals surface area contributed by atoms with E-state index < -0.39 is 5.41 Å². The smallest absolute Gasteiger partial charge is 0.237 e. The lowest BCUT2D eigenvalue weighted by molar-refractivity contribution is -0.124. The highest BCUT2D eigenvalue weighted by Gasteiger charge is 2.45. The summed E-state index contributed by atoms with van der Waals surface area (Å²) in [5.74, 6) is 0.407. The summed E-state index contributed by atoms with van der Waals surface area (Å²) in [5.41, 5.74) is 2.39. The highest BCUT2D eigenvalue weighted by Crippen LogP contribution is 2.44. The van der Waals surface area contributed by atoms with Crippen molar-refractivity contribution in [3.05, 3.63) is 53.3 Å². The first-order valence-corrected chi connectivity index (χ1v) is 7.29. The Balaban J connectivity index is 1.87. The van der Waals surface area contributed by atoms with Crippen LogP contribution in [0.15, 0.2) is 36.4 Å². The summed E-state index contributed by atoms with van der Waals surface area (Å²) < 4.78 is 0. The molecule has 1 N–H and O–H groups in total. The average molecular weight is 281 g/mol. The number of rotatable bonds is 3. The van der Waals surface area contributed by atoms with Gasteiger partial charge in [-0.1, -0.05) is 36.8 Å². The molecule has 4 heteroatoms. The molecule has 1 heterocycles. The van der Waals surface area contributed by atoms with Crippen LogP contribution in [0.3, 0.4) is 0 Å². The molecule has 2 aromatic rings. The predicted molar refractivity (Wildman–Crippen MR) is 82.1 cm³/mol. The molecule has 108 valence electrons. The number of aromatic nitrogens is 2. The first-order valence-electron chi connectivity index (χ1n) is 7.29. The van der Waals surface area contributed by atoms with Crippen LogP contribution < -0.4 is 5.32 Å². The second-order valence-electron chi connectivity index (χ2n) is 5.73. The fourth-order valence-corrected chi connectivity index (χ4v) is 2.94. The molecule has 1 aromatic carbocycles. The van der Waals surface area contributed by atoms with Gasteiger partial charge in [0.05, 0.1) is 5.41 Å². The number of hydrogen-bond acceptors (Lipinski definition) is 3. The number of aryl methyl sites for hydroxylation is 2. The van der Waals surface area contributed by atoms with Crippen molar-refractivity contribution in [1.82, 2.24) is 9.97 Å². The number of carbonyl (C=O) groups is 1. The molecule has 1 aliphatic rings. The molecule has 0 atom stereocenters. The first kappa shape index (κ1) is 13.7. The van der Waals surface area contributed by atoms with E-state index in [1.54, 1.807) is 0 Å². The van der Waals surface area contributed by atoms with Crippen LogP contribution in [-0.4, -0.2) is 15.9 Å². The third kappa shape index (κ3) is 2.53. The third-order valence-electron chi connectivity index (χ3n) is 4.18. The highest BCUT2D eigenvalue weighted by molar-refractivity contribution is 5.98. The van der Waals surface area contributed by atoms with Crippen LogP contribution in [0.25, 0.3) is 0 Å². The summed E-state index contributed by atoms with van der Waals surface area (Å²) in [6.07, 6.45) is 2.84. The van der Waals surface area contributed by atoms with Crippen LogP contribution >= 0.6 is 0 Å². The van der Waals surface area contributed by atoms with Gasteiger partial charge in [-0.05, 0) is 38.3 Å². The van der Waals surface area contributed by atoms with Gasteiger partial charge in [0.1, 0.15) is 0 Å². The number of nitrogens with zero attached hydrogens (tertiary/aromatic N) is 2. The minimum Gasteiger partial charge on any atom is -0.294 e. The molecular formula is C17H19N3O. The lowest BCUT2D eigenvalue weighted by atomic mass is 9.64. The molecule has 1 saturated carbocycles. The monoisotopic (exact) mass is 281 g/mol. The molecule has 1 aromatic heterocycles. The van der Waals surface area contributed by atoms with Crippen LogP contribution in [0.4, 0.5) is 5.95 Å². The number of anilines is 1. The van der Waals surface area contributed by atoms with Gasteiger partial charge in [-0.2, -0.15) is 0 Å². The Bertz CT molecular complexity index is 643. The Morgan fingerprint density at radius 3 is 2.24 bits per heavy atom. The fraction of sp³-hybridized carbons (Fsp3) is 0.353. The van der Waals surface area contributed by atoms with E-state index in [0.29, 0.717) is 5.95 Å². The van der Waals surface area contributed by atoms with Gasteiger partial charge in [-0.15, -0.1) is 0 Å². The van der Waals surface area contributed by atoms with Crippen molar-refractivity contribution in [3.8, 4) is 0 Å². The van der Waals surface area contributed by atoms with Crippen molar-refractivity contribution in [2.24, 2.45) is 0 Å². The Kier molecular flexibility index (Phi) is 3.45. The largest absolute Gasteiger partial charge is 0.294 e. The highest BCUT2D eigenvalue weighted by atomic mass is 16.2. The SMILES string of the molecule is Cc1cc(C)nc(NC(=O)C2(c3ccccc3)CCC2)n1. The Hall–Kier alpha value is -2.23. The van der Waals surface area contributed by atoms with E-state index in [4.69, 9.17) is 0 Å². The van der Waals surface area contributed by atoms with Crippen molar-refractivity contribution in [3.63, 3.8) is 0 Å². The van der Waals surface area contributed by atoms with Gasteiger partial charge in [-0.25, -0.2) is 9.97 Å². The number of amides is 1. The van der Waals surface area contributed by atoms with E-state index in [9.17, 15) is 4.79 Å². The van der Waals surface area contributed by atoms with Crippen LogP contribution in [-0.2, 0) is 10.2 Å². The Labute approximate surface area is 124 Å². The van der Waals surface area contributed by atoms with Gasteiger partial charge in [0, 0.05) is 11.4 Å². The molecule has 0 bridgehead atoms. The molecule has 0 saturated heterocycles. The maximum atomic E-state index is 12.7. The van der Waals surface area contributed by atoms with Crippen LogP contribution in [0.2, 0.25) is 0 Å². The normalized spacial score (nSPS) is 16.1. The zero-order valence-corrected chi connectivity index (χ0v) is 12.4.